The molecule has 0 atom stereocenters. The van der Waals surface area contributed by atoms with Crippen molar-refractivity contribution in [1.29, 1.82) is 0 Å². The third-order valence-corrected chi connectivity index (χ3v) is 3.47. The second-order valence-electron chi connectivity index (χ2n) is 4.17. The van der Waals surface area contributed by atoms with Gasteiger partial charge in [-0.05, 0) is 36.4 Å². The number of nitrogens with one attached hydrogen (secondary N) is 1. The first-order valence-electron chi connectivity index (χ1n) is 5.77. The molecule has 108 valence electrons. The zero-order valence-electron chi connectivity index (χ0n) is 10.6. The van der Waals surface area contributed by atoms with E-state index in [1.807, 2.05) is 0 Å². The van der Waals surface area contributed by atoms with Gasteiger partial charge in [0.05, 0.1) is 16.3 Å². The number of halogens is 2. The van der Waals surface area contributed by atoms with Crippen LogP contribution in [0.4, 0.5) is 5.69 Å². The van der Waals surface area contributed by atoms with E-state index < -0.39 is 5.91 Å². The van der Waals surface area contributed by atoms with Gasteiger partial charge in [0.25, 0.3) is 5.91 Å². The molecule has 0 unspecified atom stereocenters. The molecule has 0 aliphatic carbocycles. The summed E-state index contributed by atoms with van der Waals surface area (Å²) in [6.07, 6.45) is 0. The average Bonchev–Trinajstić information content (AvgIpc) is 2.41. The number of benzene rings is 2. The van der Waals surface area contributed by atoms with Gasteiger partial charge < -0.3 is 16.2 Å². The van der Waals surface area contributed by atoms with Gasteiger partial charge in [-0.3, -0.25) is 4.79 Å². The summed E-state index contributed by atoms with van der Waals surface area (Å²) in [7, 11) is 0. The third-order valence-electron chi connectivity index (χ3n) is 2.69. The summed E-state index contributed by atoms with van der Waals surface area (Å²) in [6.45, 7) is 0. The maximum Gasteiger partial charge on any atom is 0.257 e. The fourth-order valence-electron chi connectivity index (χ4n) is 1.71. The summed E-state index contributed by atoms with van der Waals surface area (Å²) >= 11 is 16.8. The summed E-state index contributed by atoms with van der Waals surface area (Å²) in [5, 5.41) is 12.7. The molecule has 2 rings (SSSR count). The molecule has 0 spiro atoms. The van der Waals surface area contributed by atoms with Crippen molar-refractivity contribution < 1.29 is 9.90 Å². The molecule has 0 heterocycles. The maximum atomic E-state index is 12.2. The topological polar surface area (TPSA) is 75.3 Å². The summed E-state index contributed by atoms with van der Waals surface area (Å²) in [5.41, 5.74) is 6.59. The molecule has 0 aliphatic heterocycles. The predicted molar refractivity (Wildman–Crippen MR) is 88.4 cm³/mol. The predicted octanol–water partition coefficient (Wildman–Crippen LogP) is 3.59. The number of amides is 1. The zero-order valence-corrected chi connectivity index (χ0v) is 12.9. The van der Waals surface area contributed by atoms with E-state index in [4.69, 9.17) is 41.2 Å². The number of rotatable bonds is 3. The molecule has 4 N–H and O–H groups in total. The van der Waals surface area contributed by atoms with E-state index >= 15 is 0 Å². The van der Waals surface area contributed by atoms with Gasteiger partial charge in [-0.1, -0.05) is 35.4 Å². The second-order valence-corrected chi connectivity index (χ2v) is 5.46. The van der Waals surface area contributed by atoms with Crippen LogP contribution in [0.5, 0.6) is 5.75 Å². The Morgan fingerprint density at radius 3 is 2.52 bits per heavy atom. The highest BCUT2D eigenvalue weighted by Gasteiger charge is 2.14. The average molecular weight is 341 g/mol. The van der Waals surface area contributed by atoms with Crippen molar-refractivity contribution in [1.82, 2.24) is 0 Å². The lowest BCUT2D eigenvalue weighted by molar-refractivity contribution is 0.102. The Morgan fingerprint density at radius 2 is 1.86 bits per heavy atom. The van der Waals surface area contributed by atoms with Crippen LogP contribution in [0.3, 0.4) is 0 Å². The quantitative estimate of drug-likeness (QED) is 0.746. The molecule has 7 heteroatoms. The summed E-state index contributed by atoms with van der Waals surface area (Å²) < 4.78 is 0. The number of aromatic hydroxyl groups is 1. The summed E-state index contributed by atoms with van der Waals surface area (Å²) in [5.74, 6) is -0.569. The van der Waals surface area contributed by atoms with Gasteiger partial charge in [-0.2, -0.15) is 0 Å². The molecule has 0 fully saturated rings. The first kappa shape index (κ1) is 15.6. The Morgan fingerprint density at radius 1 is 1.14 bits per heavy atom. The Kier molecular flexibility index (Phi) is 4.67. The lowest BCUT2D eigenvalue weighted by atomic mass is 10.1. The van der Waals surface area contributed by atoms with Crippen LogP contribution in [-0.4, -0.2) is 16.0 Å². The first-order valence-corrected chi connectivity index (χ1v) is 6.94. The molecule has 1 amide bonds. The number of phenols is 1. The second kappa shape index (κ2) is 6.30. The van der Waals surface area contributed by atoms with Gasteiger partial charge in [-0.25, -0.2) is 0 Å². The Balaban J connectivity index is 2.38. The van der Waals surface area contributed by atoms with Crippen LogP contribution in [0, 0.1) is 0 Å². The molecule has 21 heavy (non-hydrogen) atoms. The van der Waals surface area contributed by atoms with Crippen molar-refractivity contribution in [3.8, 4) is 5.75 Å². The number of hydrogen-bond acceptors (Lipinski definition) is 3. The fraction of sp³-hybridized carbons (Fsp3) is 0. The van der Waals surface area contributed by atoms with Crippen LogP contribution in [0.25, 0.3) is 0 Å². The molecule has 0 bridgehead atoms. The highest BCUT2D eigenvalue weighted by atomic mass is 35.5. The van der Waals surface area contributed by atoms with Crippen molar-refractivity contribution in [3.63, 3.8) is 0 Å². The monoisotopic (exact) mass is 340 g/mol. The van der Waals surface area contributed by atoms with E-state index in [0.29, 0.717) is 16.3 Å². The SMILES string of the molecule is NC(=S)c1ccc(Cl)cc1NC(=O)c1cc(O)ccc1Cl. The highest BCUT2D eigenvalue weighted by molar-refractivity contribution is 7.80. The number of phenolic OH excluding ortho intramolecular Hbond substituents is 1. The van der Waals surface area contributed by atoms with Crippen LogP contribution in [-0.2, 0) is 0 Å². The van der Waals surface area contributed by atoms with Crippen LogP contribution < -0.4 is 11.1 Å². The molecule has 4 nitrogen and oxygen atoms in total. The molecule has 0 aliphatic rings. The maximum absolute atomic E-state index is 12.2. The molecule has 0 saturated carbocycles. The van der Waals surface area contributed by atoms with E-state index in [0.717, 1.165) is 0 Å². The Hall–Kier alpha value is -1.82. The van der Waals surface area contributed by atoms with Gasteiger partial charge in [0.2, 0.25) is 0 Å². The van der Waals surface area contributed by atoms with Gasteiger partial charge >= 0.3 is 0 Å². The normalized spacial score (nSPS) is 10.2. The molecule has 0 radical (unpaired) electrons. The van der Waals surface area contributed by atoms with E-state index in [2.05, 4.69) is 5.32 Å². The molecule has 0 aromatic heterocycles. The third kappa shape index (κ3) is 3.64. The van der Waals surface area contributed by atoms with Gasteiger partial charge in [-0.15, -0.1) is 0 Å². The standard InChI is InChI=1S/C14H10Cl2N2O2S/c15-7-1-3-9(13(17)21)12(5-7)18-14(20)10-6-8(19)2-4-11(10)16/h1-6,19H,(H2,17,21)(H,18,20). The number of carbonyl (C=O) groups is 1. The van der Waals surface area contributed by atoms with Crippen LogP contribution in [0.2, 0.25) is 10.0 Å². The minimum Gasteiger partial charge on any atom is -0.508 e. The van der Waals surface area contributed by atoms with Crippen molar-refractivity contribution in [2.24, 2.45) is 5.73 Å². The van der Waals surface area contributed by atoms with E-state index in [-0.39, 0.29) is 21.3 Å². The van der Waals surface area contributed by atoms with E-state index in [9.17, 15) is 9.90 Å². The summed E-state index contributed by atoms with van der Waals surface area (Å²) in [6, 6.07) is 8.85. The van der Waals surface area contributed by atoms with Crippen LogP contribution >= 0.6 is 35.4 Å². The molecular formula is C14H10Cl2N2O2S. The number of hydrogen-bond donors (Lipinski definition) is 3. The number of nitrogens with two attached hydrogens (primary N) is 1. The highest BCUT2D eigenvalue weighted by Crippen LogP contribution is 2.25. The van der Waals surface area contributed by atoms with E-state index in [1.54, 1.807) is 12.1 Å². The fourth-order valence-corrected chi connectivity index (χ4v) is 2.27. The van der Waals surface area contributed by atoms with Crippen molar-refractivity contribution in [3.05, 3.63) is 57.6 Å². The number of carbonyl (C=O) groups excluding carboxylic acids is 1. The summed E-state index contributed by atoms with van der Waals surface area (Å²) in [4.78, 5) is 12.4. The van der Waals surface area contributed by atoms with Gasteiger partial charge in [0.1, 0.15) is 10.7 Å². The Labute approximate surface area is 136 Å². The zero-order chi connectivity index (χ0) is 15.6. The molecule has 0 saturated heterocycles. The lowest BCUT2D eigenvalue weighted by Gasteiger charge is -2.11. The molecular weight excluding hydrogens is 331 g/mol. The van der Waals surface area contributed by atoms with Crippen LogP contribution in [0.1, 0.15) is 15.9 Å². The van der Waals surface area contributed by atoms with Crippen molar-refractivity contribution in [2.45, 2.75) is 0 Å². The lowest BCUT2D eigenvalue weighted by Crippen LogP contribution is -2.18. The smallest absolute Gasteiger partial charge is 0.257 e. The van der Waals surface area contributed by atoms with E-state index in [1.165, 1.54) is 24.3 Å². The van der Waals surface area contributed by atoms with Gasteiger partial charge in [0, 0.05) is 10.6 Å². The minimum atomic E-state index is -0.504. The molecule has 2 aromatic carbocycles. The van der Waals surface area contributed by atoms with Crippen molar-refractivity contribution in [2.75, 3.05) is 5.32 Å². The van der Waals surface area contributed by atoms with Gasteiger partial charge in [0.15, 0.2) is 0 Å². The minimum absolute atomic E-state index is 0.0646. The number of thiocarbonyl (C=S) groups is 1. The number of anilines is 1. The molecule has 2 aromatic rings. The first-order chi connectivity index (χ1) is 9.88. The van der Waals surface area contributed by atoms with Crippen LogP contribution in [0.15, 0.2) is 36.4 Å². The Bertz CT molecular complexity index is 735. The largest absolute Gasteiger partial charge is 0.508 e. The van der Waals surface area contributed by atoms with Crippen molar-refractivity contribution >= 4 is 52.0 Å².